The zero-order valence-electron chi connectivity index (χ0n) is 22.8. The lowest BCUT2D eigenvalue weighted by Crippen LogP contribution is -2.41. The molecule has 3 aromatic heterocycles. The number of halogens is 2. The summed E-state index contributed by atoms with van der Waals surface area (Å²) in [4.78, 5) is 8.81. The molecule has 3 N–H and O–H groups in total. The van der Waals surface area contributed by atoms with E-state index >= 15 is 8.78 Å². The molecule has 4 aromatic rings. The van der Waals surface area contributed by atoms with Gasteiger partial charge >= 0.3 is 0 Å². The third-order valence-electron chi connectivity index (χ3n) is 8.17. The Balaban J connectivity index is 1.25. The Hall–Kier alpha value is -3.12. The zero-order chi connectivity index (χ0) is 28.5. The summed E-state index contributed by atoms with van der Waals surface area (Å²) >= 11 is 4.70. The summed E-state index contributed by atoms with van der Waals surface area (Å²) in [6, 6.07) is 7.94. The lowest BCUT2D eigenvalue weighted by Gasteiger charge is -2.37. The van der Waals surface area contributed by atoms with Gasteiger partial charge < -0.3 is 20.5 Å². The normalized spacial score (nSPS) is 23.6. The van der Waals surface area contributed by atoms with Crippen LogP contribution in [0.15, 0.2) is 48.9 Å². The number of nitrogens with two attached hydrogens (primary N) is 1. The summed E-state index contributed by atoms with van der Waals surface area (Å²) in [5.41, 5.74) is 9.35. The Labute approximate surface area is 243 Å². The van der Waals surface area contributed by atoms with Crippen LogP contribution >= 0.6 is 12.6 Å². The molecule has 1 saturated carbocycles. The van der Waals surface area contributed by atoms with Crippen molar-refractivity contribution in [2.45, 2.75) is 62.5 Å². The first kappa shape index (κ1) is 28.0. The number of benzene rings is 1. The summed E-state index contributed by atoms with van der Waals surface area (Å²) in [5.74, 6) is -0.373. The van der Waals surface area contributed by atoms with E-state index in [2.05, 4.69) is 27.3 Å². The van der Waals surface area contributed by atoms with Crippen LogP contribution in [0.1, 0.15) is 49.7 Å². The average molecular weight is 581 g/mol. The second-order valence-corrected chi connectivity index (χ2v) is 11.7. The van der Waals surface area contributed by atoms with Crippen molar-refractivity contribution < 1.29 is 18.3 Å². The first-order chi connectivity index (χ1) is 19.9. The van der Waals surface area contributed by atoms with Gasteiger partial charge in [0, 0.05) is 30.7 Å². The predicted octanol–water partition coefficient (Wildman–Crippen LogP) is 5.65. The molecule has 0 radical (unpaired) electrons. The number of fused-ring (bicyclic) bond motifs is 1. The Morgan fingerprint density at radius 2 is 1.90 bits per heavy atom. The number of nitrogens with zero attached hydrogens (tertiary/aromatic N) is 4. The van der Waals surface area contributed by atoms with Gasteiger partial charge in [0.2, 0.25) is 5.95 Å². The third-order valence-corrected chi connectivity index (χ3v) is 9.06. The van der Waals surface area contributed by atoms with Gasteiger partial charge in [-0.15, -0.1) is 0 Å². The van der Waals surface area contributed by atoms with E-state index < -0.39 is 11.6 Å². The first-order valence-electron chi connectivity index (χ1n) is 14.0. The van der Waals surface area contributed by atoms with E-state index in [4.69, 9.17) is 27.8 Å². The molecule has 216 valence electrons. The Bertz CT molecular complexity index is 1490. The second kappa shape index (κ2) is 12.0. The molecule has 2 aliphatic rings. The van der Waals surface area contributed by atoms with E-state index in [-0.39, 0.29) is 41.2 Å². The second-order valence-electron chi connectivity index (χ2n) is 11.1. The van der Waals surface area contributed by atoms with Crippen LogP contribution in [0, 0.1) is 17.6 Å². The molecular weight excluding hydrogens is 546 g/mol. The fourth-order valence-corrected chi connectivity index (χ4v) is 6.17. The molecule has 1 aliphatic heterocycles. The van der Waals surface area contributed by atoms with E-state index in [1.807, 2.05) is 6.07 Å². The summed E-state index contributed by atoms with van der Waals surface area (Å²) in [5, 5.41) is 8.08. The quantitative estimate of drug-likeness (QED) is 0.243. The summed E-state index contributed by atoms with van der Waals surface area (Å²) in [6.45, 7) is 3.58. The standard InChI is InChI=1S/C30H34F2N6O2S/c1-17-10-19(13-25(33)29(17)41)22-4-7-34-15-27(22)36-30-35-14-20-2-3-26(37-38(20)30)28-23(31)11-18(12-24(28)32)16-40-21-5-8-39-9-6-21/h2-4,7,11-12,14-15,17,19,21,25,29,41H,5-6,8-10,13,16,33H2,1H3,(H,35,36). The van der Waals surface area contributed by atoms with Crippen molar-refractivity contribution in [2.75, 3.05) is 18.5 Å². The van der Waals surface area contributed by atoms with Crippen LogP contribution in [-0.2, 0) is 16.1 Å². The fraction of sp³-hybridized carbons (Fsp3) is 0.433. The molecule has 41 heavy (non-hydrogen) atoms. The van der Waals surface area contributed by atoms with Crippen molar-refractivity contribution in [3.05, 3.63) is 71.7 Å². The molecule has 4 unspecified atom stereocenters. The van der Waals surface area contributed by atoms with Gasteiger partial charge in [0.05, 0.1) is 47.6 Å². The minimum absolute atomic E-state index is 0.00539. The van der Waals surface area contributed by atoms with Crippen LogP contribution in [0.4, 0.5) is 20.4 Å². The highest BCUT2D eigenvalue weighted by Gasteiger charge is 2.33. The minimum atomic E-state index is -0.697. The number of imidazole rings is 1. The molecule has 0 bridgehead atoms. The number of aromatic nitrogens is 4. The van der Waals surface area contributed by atoms with Gasteiger partial charge in [0.25, 0.3) is 0 Å². The molecular formula is C30H34F2N6O2S. The molecule has 8 nitrogen and oxygen atoms in total. The van der Waals surface area contributed by atoms with Crippen LogP contribution in [0.25, 0.3) is 16.8 Å². The van der Waals surface area contributed by atoms with Gasteiger partial charge in [-0.05, 0) is 79.0 Å². The number of pyridine rings is 1. The maximum atomic E-state index is 15.3. The van der Waals surface area contributed by atoms with Crippen molar-refractivity contribution in [1.29, 1.82) is 0 Å². The van der Waals surface area contributed by atoms with E-state index in [9.17, 15) is 0 Å². The Kier molecular flexibility index (Phi) is 8.21. The number of thiol groups is 1. The van der Waals surface area contributed by atoms with Crippen molar-refractivity contribution in [3.63, 3.8) is 0 Å². The maximum Gasteiger partial charge on any atom is 0.229 e. The smallest absolute Gasteiger partial charge is 0.229 e. The Morgan fingerprint density at radius 1 is 1.12 bits per heavy atom. The highest BCUT2D eigenvalue weighted by molar-refractivity contribution is 7.81. The maximum absolute atomic E-state index is 15.3. The highest BCUT2D eigenvalue weighted by atomic mass is 32.1. The van der Waals surface area contributed by atoms with Gasteiger partial charge in [0.15, 0.2) is 0 Å². The number of hydrogen-bond donors (Lipinski definition) is 3. The lowest BCUT2D eigenvalue weighted by molar-refractivity contribution is -0.0391. The van der Waals surface area contributed by atoms with Crippen molar-refractivity contribution in [2.24, 2.45) is 11.7 Å². The largest absolute Gasteiger partial charge is 0.381 e. The summed E-state index contributed by atoms with van der Waals surface area (Å²) in [7, 11) is 0. The molecule has 4 atom stereocenters. The number of ether oxygens (including phenoxy) is 2. The monoisotopic (exact) mass is 580 g/mol. The van der Waals surface area contributed by atoms with Crippen LogP contribution in [0.2, 0.25) is 0 Å². The van der Waals surface area contributed by atoms with Crippen LogP contribution < -0.4 is 11.1 Å². The highest BCUT2D eigenvalue weighted by Crippen LogP contribution is 2.40. The topological polar surface area (TPSA) is 99.6 Å². The third kappa shape index (κ3) is 5.94. The van der Waals surface area contributed by atoms with Crippen molar-refractivity contribution in [3.8, 4) is 11.3 Å². The first-order valence-corrected chi connectivity index (χ1v) is 14.6. The minimum Gasteiger partial charge on any atom is -0.381 e. The van der Waals surface area contributed by atoms with Gasteiger partial charge in [-0.1, -0.05) is 6.92 Å². The fourth-order valence-electron chi connectivity index (χ4n) is 5.93. The molecule has 11 heteroatoms. The summed E-state index contributed by atoms with van der Waals surface area (Å²) in [6.07, 6.45) is 8.54. The van der Waals surface area contributed by atoms with Crippen molar-refractivity contribution >= 4 is 29.8 Å². The van der Waals surface area contributed by atoms with E-state index in [1.165, 1.54) is 12.1 Å². The molecule has 2 fully saturated rings. The van der Waals surface area contributed by atoms with E-state index in [1.54, 1.807) is 35.2 Å². The van der Waals surface area contributed by atoms with Gasteiger partial charge in [-0.2, -0.15) is 22.2 Å². The molecule has 0 amide bonds. The summed E-state index contributed by atoms with van der Waals surface area (Å²) < 4.78 is 43.3. The molecule has 1 aromatic carbocycles. The SMILES string of the molecule is CC1CC(c2ccncc2Nc2ncc3ccc(-c4c(F)cc(COC5CCOCC5)cc4F)nn23)CC(N)C1S. The van der Waals surface area contributed by atoms with Crippen LogP contribution in [0.5, 0.6) is 0 Å². The molecule has 4 heterocycles. The van der Waals surface area contributed by atoms with E-state index in [0.29, 0.717) is 36.2 Å². The van der Waals surface area contributed by atoms with Gasteiger partial charge in [0.1, 0.15) is 11.6 Å². The number of rotatable bonds is 7. The van der Waals surface area contributed by atoms with E-state index in [0.717, 1.165) is 36.9 Å². The predicted molar refractivity (Wildman–Crippen MR) is 156 cm³/mol. The number of hydrogen-bond acceptors (Lipinski definition) is 8. The zero-order valence-corrected chi connectivity index (χ0v) is 23.7. The average Bonchev–Trinajstić information content (AvgIpc) is 3.37. The number of anilines is 2. The van der Waals surface area contributed by atoms with Crippen LogP contribution in [0.3, 0.4) is 0 Å². The van der Waals surface area contributed by atoms with Crippen molar-refractivity contribution in [1.82, 2.24) is 19.6 Å². The molecule has 1 aliphatic carbocycles. The molecule has 6 rings (SSSR count). The Morgan fingerprint density at radius 3 is 2.66 bits per heavy atom. The molecule has 0 spiro atoms. The van der Waals surface area contributed by atoms with Gasteiger partial charge in [-0.3, -0.25) is 4.98 Å². The number of nitrogens with one attached hydrogen (secondary N) is 1. The lowest BCUT2D eigenvalue weighted by atomic mass is 9.76. The van der Waals surface area contributed by atoms with Gasteiger partial charge in [-0.25, -0.2) is 13.8 Å². The molecule has 1 saturated heterocycles. The van der Waals surface area contributed by atoms with Crippen LogP contribution in [-0.4, -0.2) is 50.2 Å².